The average Bonchev–Trinajstić information content (AvgIpc) is 2.85. The van der Waals surface area contributed by atoms with E-state index in [2.05, 4.69) is 21.2 Å². The maximum Gasteiger partial charge on any atom is 0.291 e. The maximum absolute atomic E-state index is 12.5. The molecule has 0 radical (unpaired) electrons. The molecule has 8 heteroatoms. The Labute approximate surface area is 156 Å². The molecule has 2 aromatic rings. The first-order valence-corrected chi connectivity index (χ1v) is 8.96. The minimum atomic E-state index is -1.30. The Morgan fingerprint density at radius 3 is 2.60 bits per heavy atom. The third-order valence-corrected chi connectivity index (χ3v) is 5.08. The number of hydrogen-bond donors (Lipinski definition) is 1. The van der Waals surface area contributed by atoms with Gasteiger partial charge in [-0.1, -0.05) is 34.1 Å². The fourth-order valence-electron chi connectivity index (χ4n) is 2.36. The molecule has 25 heavy (non-hydrogen) atoms. The van der Waals surface area contributed by atoms with Crippen LogP contribution < -0.4 is 10.4 Å². The molecule has 1 fully saturated rings. The molecule has 2 aromatic carbocycles. The number of rotatable bonds is 5. The van der Waals surface area contributed by atoms with Crippen LogP contribution in [0.3, 0.4) is 0 Å². The largest absolute Gasteiger partial charge is 0.545 e. The highest BCUT2D eigenvalue weighted by molar-refractivity contribution is 9.10. The fraction of sp³-hybridized carbons (Fsp3) is 0.118. The van der Waals surface area contributed by atoms with Gasteiger partial charge in [-0.05, 0) is 53.2 Å². The third-order valence-electron chi connectivity index (χ3n) is 3.57. The first-order chi connectivity index (χ1) is 11.9. The first-order valence-electron chi connectivity index (χ1n) is 7.28. The number of carbonyl (C=O) groups excluding carboxylic acids is 3. The molecule has 0 aliphatic carbocycles. The Hall–Kier alpha value is -2.32. The summed E-state index contributed by atoms with van der Waals surface area (Å²) in [6, 6.07) is 13.3. The van der Waals surface area contributed by atoms with E-state index < -0.39 is 11.3 Å². The van der Waals surface area contributed by atoms with Crippen LogP contribution >= 0.6 is 27.7 Å². The van der Waals surface area contributed by atoms with E-state index >= 15 is 0 Å². The summed E-state index contributed by atoms with van der Waals surface area (Å²) in [7, 11) is 0. The second-order valence-electron chi connectivity index (χ2n) is 5.33. The summed E-state index contributed by atoms with van der Waals surface area (Å²) in [4.78, 5) is 36.7. The lowest BCUT2D eigenvalue weighted by Gasteiger charge is -2.15. The minimum absolute atomic E-state index is 0.00813. The topological polar surface area (TPSA) is 89.5 Å². The van der Waals surface area contributed by atoms with E-state index in [-0.39, 0.29) is 23.3 Å². The number of halogens is 1. The number of anilines is 1. The molecule has 1 aliphatic heterocycles. The Morgan fingerprint density at radius 2 is 1.92 bits per heavy atom. The number of aromatic carboxylic acids is 1. The molecule has 1 saturated heterocycles. The van der Waals surface area contributed by atoms with E-state index in [1.807, 2.05) is 12.1 Å². The molecule has 1 N–H and O–H groups in total. The third kappa shape index (κ3) is 4.02. The SMILES string of the molecule is O=C([O-])c1cccc(CN2C(=O)SC(Nc3ccc(Br)cc3)C2=O)c1. The van der Waals surface area contributed by atoms with Crippen LogP contribution in [-0.2, 0) is 11.3 Å². The smallest absolute Gasteiger partial charge is 0.291 e. The lowest BCUT2D eigenvalue weighted by molar-refractivity contribution is -0.255. The Balaban J connectivity index is 1.72. The molecule has 128 valence electrons. The molecule has 1 heterocycles. The predicted molar refractivity (Wildman–Crippen MR) is 95.9 cm³/mol. The molecule has 2 amide bonds. The standard InChI is InChI=1S/C17H13BrN2O4S/c18-12-4-6-13(7-5-12)19-14-15(21)20(17(24)25-14)9-10-2-1-3-11(8-10)16(22)23/h1-8,14,19H,9H2,(H,22,23)/p-1. The van der Waals surface area contributed by atoms with E-state index in [0.29, 0.717) is 5.56 Å². The number of nitrogens with one attached hydrogen (secondary N) is 1. The average molecular weight is 420 g/mol. The van der Waals surface area contributed by atoms with Crippen LogP contribution in [0, 0.1) is 0 Å². The van der Waals surface area contributed by atoms with Gasteiger partial charge in [0, 0.05) is 10.2 Å². The highest BCUT2D eigenvalue weighted by atomic mass is 79.9. The maximum atomic E-state index is 12.5. The van der Waals surface area contributed by atoms with Crippen LogP contribution in [0.15, 0.2) is 53.0 Å². The summed E-state index contributed by atoms with van der Waals surface area (Å²) >= 11 is 4.23. The van der Waals surface area contributed by atoms with Crippen molar-refractivity contribution in [3.05, 3.63) is 64.1 Å². The van der Waals surface area contributed by atoms with Gasteiger partial charge in [-0.25, -0.2) is 0 Å². The number of carbonyl (C=O) groups is 3. The lowest BCUT2D eigenvalue weighted by atomic mass is 10.1. The van der Waals surface area contributed by atoms with Crippen molar-refractivity contribution in [2.75, 3.05) is 5.32 Å². The molecule has 3 rings (SSSR count). The van der Waals surface area contributed by atoms with Gasteiger partial charge < -0.3 is 15.2 Å². The van der Waals surface area contributed by atoms with Gasteiger partial charge in [0.1, 0.15) is 0 Å². The highest BCUT2D eigenvalue weighted by Gasteiger charge is 2.39. The van der Waals surface area contributed by atoms with Gasteiger partial charge in [-0.3, -0.25) is 14.5 Å². The molecule has 1 aliphatic rings. The van der Waals surface area contributed by atoms with Gasteiger partial charge in [0.05, 0.1) is 12.5 Å². The van der Waals surface area contributed by atoms with E-state index in [4.69, 9.17) is 0 Å². The summed E-state index contributed by atoms with van der Waals surface area (Å²) in [6.07, 6.45) is 0. The summed E-state index contributed by atoms with van der Waals surface area (Å²) in [5, 5.41) is 12.9. The van der Waals surface area contributed by atoms with Gasteiger partial charge in [0.2, 0.25) is 0 Å². The zero-order valence-corrected chi connectivity index (χ0v) is 15.2. The number of carboxylic acid groups (broad SMARTS) is 1. The van der Waals surface area contributed by atoms with Gasteiger partial charge in [-0.15, -0.1) is 0 Å². The molecule has 0 aromatic heterocycles. The first kappa shape index (κ1) is 17.5. The van der Waals surface area contributed by atoms with Crippen molar-refractivity contribution in [3.63, 3.8) is 0 Å². The number of benzene rings is 2. The molecule has 0 bridgehead atoms. The van der Waals surface area contributed by atoms with E-state index in [0.717, 1.165) is 26.8 Å². The van der Waals surface area contributed by atoms with Crippen LogP contribution in [-0.4, -0.2) is 27.4 Å². The van der Waals surface area contributed by atoms with E-state index in [1.54, 1.807) is 24.3 Å². The molecular formula is C17H12BrN2O4S-. The molecule has 1 atom stereocenters. The number of thioether (sulfide) groups is 1. The van der Waals surface area contributed by atoms with Crippen molar-refractivity contribution >= 4 is 50.5 Å². The number of hydrogen-bond acceptors (Lipinski definition) is 6. The van der Waals surface area contributed by atoms with Crippen molar-refractivity contribution in [3.8, 4) is 0 Å². The molecule has 6 nitrogen and oxygen atoms in total. The van der Waals surface area contributed by atoms with Gasteiger partial charge >= 0.3 is 0 Å². The summed E-state index contributed by atoms with van der Waals surface area (Å²) < 4.78 is 0.911. The highest BCUT2D eigenvalue weighted by Crippen LogP contribution is 2.30. The van der Waals surface area contributed by atoms with Crippen molar-refractivity contribution < 1.29 is 19.5 Å². The number of amides is 2. The Morgan fingerprint density at radius 1 is 1.20 bits per heavy atom. The minimum Gasteiger partial charge on any atom is -0.545 e. The summed E-state index contributed by atoms with van der Waals surface area (Å²) in [5.41, 5.74) is 1.28. The normalized spacial score (nSPS) is 17.0. The predicted octanol–water partition coefficient (Wildman–Crippen LogP) is 2.45. The van der Waals surface area contributed by atoms with Crippen molar-refractivity contribution in [2.45, 2.75) is 11.9 Å². The van der Waals surface area contributed by atoms with Gasteiger partial charge in [0.15, 0.2) is 5.37 Å². The second-order valence-corrected chi connectivity index (χ2v) is 7.30. The van der Waals surface area contributed by atoms with Crippen molar-refractivity contribution in [1.29, 1.82) is 0 Å². The van der Waals surface area contributed by atoms with Crippen LogP contribution in [0.4, 0.5) is 10.5 Å². The van der Waals surface area contributed by atoms with Crippen LogP contribution in [0.1, 0.15) is 15.9 Å². The van der Waals surface area contributed by atoms with Crippen molar-refractivity contribution in [1.82, 2.24) is 4.90 Å². The van der Waals surface area contributed by atoms with Gasteiger partial charge in [-0.2, -0.15) is 0 Å². The quantitative estimate of drug-likeness (QED) is 0.800. The Bertz CT molecular complexity index is 841. The zero-order chi connectivity index (χ0) is 18.0. The number of carboxylic acids is 1. The van der Waals surface area contributed by atoms with Gasteiger partial charge in [0.25, 0.3) is 11.1 Å². The second kappa shape index (κ2) is 7.28. The summed E-state index contributed by atoms with van der Waals surface area (Å²) in [5.74, 6) is -1.66. The molecule has 0 saturated carbocycles. The monoisotopic (exact) mass is 419 g/mol. The van der Waals surface area contributed by atoms with Crippen LogP contribution in [0.25, 0.3) is 0 Å². The zero-order valence-electron chi connectivity index (χ0n) is 12.8. The van der Waals surface area contributed by atoms with E-state index in [9.17, 15) is 19.5 Å². The molecule has 0 spiro atoms. The summed E-state index contributed by atoms with van der Waals surface area (Å²) in [6.45, 7) is 0.0182. The molecule has 1 unspecified atom stereocenters. The molecular weight excluding hydrogens is 408 g/mol. The van der Waals surface area contributed by atoms with Crippen LogP contribution in [0.2, 0.25) is 0 Å². The number of imide groups is 1. The lowest BCUT2D eigenvalue weighted by Crippen LogP contribution is -2.34. The van der Waals surface area contributed by atoms with Crippen LogP contribution in [0.5, 0.6) is 0 Å². The van der Waals surface area contributed by atoms with E-state index in [1.165, 1.54) is 12.1 Å². The fourth-order valence-corrected chi connectivity index (χ4v) is 3.53. The van der Waals surface area contributed by atoms with Crippen molar-refractivity contribution in [2.24, 2.45) is 0 Å². The Kier molecular flexibility index (Phi) is 5.10. The number of nitrogens with zero attached hydrogens (tertiary/aromatic N) is 1.